The summed E-state index contributed by atoms with van der Waals surface area (Å²) in [7, 11) is 1.62. The maximum Gasteiger partial charge on any atom is 0.340 e. The van der Waals surface area contributed by atoms with Crippen molar-refractivity contribution in [3.05, 3.63) is 53.9 Å². The fourth-order valence-corrected chi connectivity index (χ4v) is 2.29. The van der Waals surface area contributed by atoms with Gasteiger partial charge in [-0.2, -0.15) is 0 Å². The highest BCUT2D eigenvalue weighted by atomic mass is 16.5. The van der Waals surface area contributed by atoms with Gasteiger partial charge < -0.3 is 20.1 Å². The molecule has 26 heavy (non-hydrogen) atoms. The van der Waals surface area contributed by atoms with Crippen LogP contribution >= 0.6 is 0 Å². The number of carbonyl (C=O) groups is 2. The molecule has 0 aliphatic rings. The van der Waals surface area contributed by atoms with Crippen LogP contribution in [0.2, 0.25) is 0 Å². The van der Waals surface area contributed by atoms with Gasteiger partial charge in [-0.25, -0.2) is 4.79 Å². The summed E-state index contributed by atoms with van der Waals surface area (Å²) in [6, 6.07) is 8.70. The molecule has 0 atom stereocenters. The van der Waals surface area contributed by atoms with E-state index in [4.69, 9.17) is 9.47 Å². The van der Waals surface area contributed by atoms with E-state index in [0.29, 0.717) is 42.3 Å². The summed E-state index contributed by atoms with van der Waals surface area (Å²) in [6.07, 6.45) is 3.82. The number of amides is 1. The minimum Gasteiger partial charge on any atom is -0.462 e. The molecule has 2 aromatic rings. The van der Waals surface area contributed by atoms with Gasteiger partial charge in [0.15, 0.2) is 0 Å². The lowest BCUT2D eigenvalue weighted by Gasteiger charge is -2.12. The van der Waals surface area contributed by atoms with Crippen molar-refractivity contribution in [2.24, 2.45) is 0 Å². The zero-order valence-corrected chi connectivity index (χ0v) is 15.0. The van der Waals surface area contributed by atoms with E-state index in [1.165, 1.54) is 6.20 Å². The lowest BCUT2D eigenvalue weighted by atomic mass is 10.1. The van der Waals surface area contributed by atoms with E-state index in [-0.39, 0.29) is 5.91 Å². The first-order valence-electron chi connectivity index (χ1n) is 8.41. The summed E-state index contributed by atoms with van der Waals surface area (Å²) in [6.45, 7) is 3.17. The van der Waals surface area contributed by atoms with E-state index < -0.39 is 5.97 Å². The van der Waals surface area contributed by atoms with Gasteiger partial charge in [0.1, 0.15) is 0 Å². The number of nitrogens with zero attached hydrogens (tertiary/aromatic N) is 1. The average molecular weight is 357 g/mol. The quantitative estimate of drug-likeness (QED) is 0.530. The number of anilines is 2. The highest BCUT2D eigenvalue weighted by molar-refractivity contribution is 5.97. The van der Waals surface area contributed by atoms with E-state index >= 15 is 0 Å². The number of benzene rings is 1. The molecule has 7 heteroatoms. The molecule has 0 aliphatic heterocycles. The standard InChI is InChI=1S/C19H23N3O4/c1-3-26-19(24)16-7-4-5-8-17(16)22-15-11-14(12-20-13-15)18(23)21-9-6-10-25-2/h4-5,7-8,11-13,22H,3,6,9-10H2,1-2H3,(H,21,23). The largest absolute Gasteiger partial charge is 0.462 e. The molecular weight excluding hydrogens is 334 g/mol. The van der Waals surface area contributed by atoms with Gasteiger partial charge in [-0.05, 0) is 31.5 Å². The molecule has 7 nitrogen and oxygen atoms in total. The number of carbonyl (C=O) groups excluding carboxylic acids is 2. The molecule has 1 amide bonds. The summed E-state index contributed by atoms with van der Waals surface area (Å²) in [4.78, 5) is 28.3. The first kappa shape index (κ1) is 19.4. The number of esters is 1. The third-order valence-electron chi connectivity index (χ3n) is 3.51. The van der Waals surface area contributed by atoms with Crippen molar-refractivity contribution < 1.29 is 19.1 Å². The SMILES string of the molecule is CCOC(=O)c1ccccc1Nc1cncc(C(=O)NCCCOC)c1. The first-order valence-corrected chi connectivity index (χ1v) is 8.41. The van der Waals surface area contributed by atoms with Crippen LogP contribution in [0.25, 0.3) is 0 Å². The van der Waals surface area contributed by atoms with Crippen LogP contribution in [0.1, 0.15) is 34.1 Å². The number of methoxy groups -OCH3 is 1. The number of para-hydroxylation sites is 1. The number of hydrogen-bond donors (Lipinski definition) is 2. The number of hydrogen-bond acceptors (Lipinski definition) is 6. The molecule has 0 aliphatic carbocycles. The van der Waals surface area contributed by atoms with Gasteiger partial charge in [-0.1, -0.05) is 12.1 Å². The van der Waals surface area contributed by atoms with Crippen LogP contribution < -0.4 is 10.6 Å². The second kappa shape index (κ2) is 10.1. The molecule has 0 saturated carbocycles. The highest BCUT2D eigenvalue weighted by Crippen LogP contribution is 2.21. The molecule has 2 rings (SSSR count). The van der Waals surface area contributed by atoms with E-state index in [9.17, 15) is 9.59 Å². The normalized spacial score (nSPS) is 10.2. The number of rotatable bonds is 9. The van der Waals surface area contributed by atoms with E-state index in [0.717, 1.165) is 6.42 Å². The molecule has 2 N–H and O–H groups in total. The molecule has 1 heterocycles. The van der Waals surface area contributed by atoms with Crippen LogP contribution in [0.3, 0.4) is 0 Å². The summed E-state index contributed by atoms with van der Waals surface area (Å²) >= 11 is 0. The number of ether oxygens (including phenoxy) is 2. The summed E-state index contributed by atoms with van der Waals surface area (Å²) in [5.41, 5.74) is 2.04. The Kier molecular flexibility index (Phi) is 7.57. The van der Waals surface area contributed by atoms with Crippen molar-refractivity contribution in [2.45, 2.75) is 13.3 Å². The predicted molar refractivity (Wildman–Crippen MR) is 98.7 cm³/mol. The maximum atomic E-state index is 12.2. The minimum absolute atomic E-state index is 0.212. The molecule has 0 bridgehead atoms. The third kappa shape index (κ3) is 5.56. The molecule has 0 spiro atoms. The van der Waals surface area contributed by atoms with E-state index in [2.05, 4.69) is 15.6 Å². The van der Waals surface area contributed by atoms with Crippen LogP contribution in [0.15, 0.2) is 42.7 Å². The van der Waals surface area contributed by atoms with E-state index in [1.54, 1.807) is 44.5 Å². The van der Waals surface area contributed by atoms with Crippen molar-refractivity contribution in [2.75, 3.05) is 32.2 Å². The molecule has 0 radical (unpaired) electrons. The summed E-state index contributed by atoms with van der Waals surface area (Å²) in [5.74, 6) is -0.619. The molecule has 1 aromatic carbocycles. The lowest BCUT2D eigenvalue weighted by Crippen LogP contribution is -2.25. The fourth-order valence-electron chi connectivity index (χ4n) is 2.29. The third-order valence-corrected chi connectivity index (χ3v) is 3.51. The second-order valence-corrected chi connectivity index (χ2v) is 5.46. The Bertz CT molecular complexity index is 749. The number of nitrogens with one attached hydrogen (secondary N) is 2. The van der Waals surface area contributed by atoms with Crippen molar-refractivity contribution in [3.8, 4) is 0 Å². The van der Waals surface area contributed by atoms with Gasteiger partial charge in [-0.3, -0.25) is 9.78 Å². The average Bonchev–Trinajstić information content (AvgIpc) is 2.66. The number of pyridine rings is 1. The van der Waals surface area contributed by atoms with Crippen LogP contribution in [0.5, 0.6) is 0 Å². The molecule has 1 aromatic heterocycles. The van der Waals surface area contributed by atoms with Crippen LogP contribution in [0, 0.1) is 0 Å². The zero-order chi connectivity index (χ0) is 18.8. The van der Waals surface area contributed by atoms with Gasteiger partial charge in [0.05, 0.1) is 35.3 Å². The Labute approximate surface area is 152 Å². The Balaban J connectivity index is 2.09. The van der Waals surface area contributed by atoms with Crippen LogP contribution in [-0.2, 0) is 9.47 Å². The zero-order valence-electron chi connectivity index (χ0n) is 15.0. The van der Waals surface area contributed by atoms with Crippen LogP contribution in [0.4, 0.5) is 11.4 Å². The molecule has 138 valence electrons. The second-order valence-electron chi connectivity index (χ2n) is 5.46. The van der Waals surface area contributed by atoms with Gasteiger partial charge in [0.25, 0.3) is 5.91 Å². The van der Waals surface area contributed by atoms with Gasteiger partial charge in [-0.15, -0.1) is 0 Å². The topological polar surface area (TPSA) is 89.5 Å². The van der Waals surface area contributed by atoms with Crippen molar-refractivity contribution >= 4 is 23.3 Å². The first-order chi connectivity index (χ1) is 12.7. The molecule has 0 unspecified atom stereocenters. The Morgan fingerprint density at radius 1 is 1.19 bits per heavy atom. The Hall–Kier alpha value is -2.93. The van der Waals surface area contributed by atoms with Gasteiger partial charge in [0.2, 0.25) is 0 Å². The Morgan fingerprint density at radius 3 is 2.77 bits per heavy atom. The molecule has 0 fully saturated rings. The lowest BCUT2D eigenvalue weighted by molar-refractivity contribution is 0.0527. The van der Waals surface area contributed by atoms with Gasteiger partial charge in [0, 0.05) is 26.5 Å². The highest BCUT2D eigenvalue weighted by Gasteiger charge is 2.13. The summed E-state index contributed by atoms with van der Waals surface area (Å²) in [5, 5.41) is 5.93. The predicted octanol–water partition coefficient (Wildman–Crippen LogP) is 2.77. The monoisotopic (exact) mass is 357 g/mol. The molecule has 0 saturated heterocycles. The maximum absolute atomic E-state index is 12.2. The fraction of sp³-hybridized carbons (Fsp3) is 0.316. The Morgan fingerprint density at radius 2 is 2.00 bits per heavy atom. The van der Waals surface area contributed by atoms with Crippen molar-refractivity contribution in [1.82, 2.24) is 10.3 Å². The molecular formula is C19H23N3O4. The van der Waals surface area contributed by atoms with Crippen molar-refractivity contribution in [3.63, 3.8) is 0 Å². The van der Waals surface area contributed by atoms with Crippen molar-refractivity contribution in [1.29, 1.82) is 0 Å². The minimum atomic E-state index is -0.407. The number of aromatic nitrogens is 1. The van der Waals surface area contributed by atoms with E-state index in [1.807, 2.05) is 6.07 Å². The van der Waals surface area contributed by atoms with Gasteiger partial charge >= 0.3 is 5.97 Å². The summed E-state index contributed by atoms with van der Waals surface area (Å²) < 4.78 is 10.0. The smallest absolute Gasteiger partial charge is 0.340 e. The van der Waals surface area contributed by atoms with Crippen LogP contribution in [-0.4, -0.2) is 43.7 Å².